The van der Waals surface area contributed by atoms with Gasteiger partial charge in [0, 0.05) is 13.6 Å². The highest BCUT2D eigenvalue weighted by Crippen LogP contribution is 2.20. The predicted octanol–water partition coefficient (Wildman–Crippen LogP) is 1.22. The number of carbonyl (C=O) groups is 1. The van der Waals surface area contributed by atoms with Crippen molar-refractivity contribution in [3.63, 3.8) is 0 Å². The maximum Gasteiger partial charge on any atom is 0.236 e. The van der Waals surface area contributed by atoms with Crippen LogP contribution in [0.1, 0.15) is 17.8 Å². The highest BCUT2D eigenvalue weighted by Gasteiger charge is 2.29. The number of amides is 1. The van der Waals surface area contributed by atoms with Crippen LogP contribution in [-0.2, 0) is 18.4 Å². The number of likely N-dealkylation sites (tertiary alicyclic amines) is 1. The van der Waals surface area contributed by atoms with Crippen LogP contribution in [0.15, 0.2) is 6.07 Å². The minimum Gasteiger partial charge on any atom is -0.336 e. The van der Waals surface area contributed by atoms with Crippen molar-refractivity contribution in [1.82, 2.24) is 14.7 Å². The quantitative estimate of drug-likeness (QED) is 0.759. The Morgan fingerprint density at radius 3 is 2.87 bits per heavy atom. The van der Waals surface area contributed by atoms with Crippen LogP contribution in [-0.4, -0.2) is 32.0 Å². The number of hydrogen-bond donors (Lipinski definition) is 0. The molecule has 2 heterocycles. The Labute approximate surface area is 97.4 Å². The molecule has 1 atom stereocenters. The number of carbonyl (C=O) groups excluding carboxylic acids is 1. The maximum atomic E-state index is 11.7. The number of nitrogens with zero attached hydrogens (tertiary/aromatic N) is 3. The Morgan fingerprint density at radius 1 is 1.67 bits per heavy atom. The van der Waals surface area contributed by atoms with Crippen LogP contribution in [0, 0.1) is 6.92 Å². The Kier molecular flexibility index (Phi) is 2.82. The van der Waals surface area contributed by atoms with Crippen molar-refractivity contribution in [2.75, 3.05) is 6.54 Å². The van der Waals surface area contributed by atoms with Crippen LogP contribution in [0.5, 0.6) is 0 Å². The first-order valence-electron chi connectivity index (χ1n) is 5.00. The fourth-order valence-electron chi connectivity index (χ4n) is 1.87. The first-order chi connectivity index (χ1) is 7.08. The highest BCUT2D eigenvalue weighted by atomic mass is 79.9. The second-order valence-electron chi connectivity index (χ2n) is 3.92. The summed E-state index contributed by atoms with van der Waals surface area (Å²) in [5.41, 5.74) is 2.08. The molecule has 0 aromatic carbocycles. The zero-order chi connectivity index (χ0) is 11.0. The third kappa shape index (κ3) is 2.07. The second kappa shape index (κ2) is 3.96. The SMILES string of the molecule is Cc1cc(CN2CCC(Br)C2=O)n(C)n1. The van der Waals surface area contributed by atoms with Crippen molar-refractivity contribution in [1.29, 1.82) is 0 Å². The number of halogens is 1. The van der Waals surface area contributed by atoms with Gasteiger partial charge in [-0.05, 0) is 19.4 Å². The van der Waals surface area contributed by atoms with Crippen molar-refractivity contribution in [2.45, 2.75) is 24.7 Å². The molecule has 2 rings (SSSR count). The van der Waals surface area contributed by atoms with E-state index in [0.29, 0.717) is 6.54 Å². The smallest absolute Gasteiger partial charge is 0.236 e. The van der Waals surface area contributed by atoms with Gasteiger partial charge in [0.25, 0.3) is 0 Å². The summed E-state index contributed by atoms with van der Waals surface area (Å²) in [6, 6.07) is 2.02. The Balaban J connectivity index is 2.09. The van der Waals surface area contributed by atoms with Gasteiger partial charge in [0.2, 0.25) is 5.91 Å². The number of aromatic nitrogens is 2. The van der Waals surface area contributed by atoms with Crippen molar-refractivity contribution in [2.24, 2.45) is 7.05 Å². The van der Waals surface area contributed by atoms with Crippen molar-refractivity contribution < 1.29 is 4.79 Å². The zero-order valence-electron chi connectivity index (χ0n) is 8.90. The summed E-state index contributed by atoms with van der Waals surface area (Å²) in [7, 11) is 1.91. The van der Waals surface area contributed by atoms with Crippen molar-refractivity contribution in [3.05, 3.63) is 17.5 Å². The molecule has 5 heteroatoms. The first-order valence-corrected chi connectivity index (χ1v) is 5.92. The second-order valence-corrected chi connectivity index (χ2v) is 5.02. The zero-order valence-corrected chi connectivity index (χ0v) is 10.5. The average molecular weight is 272 g/mol. The number of hydrogen-bond acceptors (Lipinski definition) is 2. The van der Waals surface area contributed by atoms with E-state index in [1.165, 1.54) is 0 Å². The number of alkyl halides is 1. The lowest BCUT2D eigenvalue weighted by atomic mass is 10.3. The van der Waals surface area contributed by atoms with Gasteiger partial charge < -0.3 is 4.90 Å². The van der Waals surface area contributed by atoms with Gasteiger partial charge in [-0.1, -0.05) is 15.9 Å². The van der Waals surface area contributed by atoms with E-state index in [-0.39, 0.29) is 10.7 Å². The summed E-state index contributed by atoms with van der Waals surface area (Å²) in [6.45, 7) is 3.46. The molecule has 0 spiro atoms. The van der Waals surface area contributed by atoms with E-state index in [9.17, 15) is 4.79 Å². The van der Waals surface area contributed by atoms with Gasteiger partial charge in [-0.25, -0.2) is 0 Å². The molecule has 4 nitrogen and oxygen atoms in total. The minimum absolute atomic E-state index is 0.00632. The van der Waals surface area contributed by atoms with Gasteiger partial charge in [-0.2, -0.15) is 5.10 Å². The third-order valence-corrected chi connectivity index (χ3v) is 3.53. The fourth-order valence-corrected chi connectivity index (χ4v) is 2.36. The summed E-state index contributed by atoms with van der Waals surface area (Å²) in [6.07, 6.45) is 0.898. The van der Waals surface area contributed by atoms with Crippen LogP contribution in [0.2, 0.25) is 0 Å². The topological polar surface area (TPSA) is 38.1 Å². The van der Waals surface area contributed by atoms with Crippen LogP contribution in [0.4, 0.5) is 0 Å². The third-order valence-electron chi connectivity index (χ3n) is 2.68. The lowest BCUT2D eigenvalue weighted by molar-refractivity contribution is -0.127. The monoisotopic (exact) mass is 271 g/mol. The van der Waals surface area contributed by atoms with Crippen LogP contribution in [0.3, 0.4) is 0 Å². The van der Waals surface area contributed by atoms with E-state index in [0.717, 1.165) is 24.4 Å². The Hall–Kier alpha value is -0.840. The van der Waals surface area contributed by atoms with E-state index >= 15 is 0 Å². The van der Waals surface area contributed by atoms with Crippen molar-refractivity contribution in [3.8, 4) is 0 Å². The summed E-state index contributed by atoms with van der Waals surface area (Å²) < 4.78 is 1.84. The summed E-state index contributed by atoms with van der Waals surface area (Å²) in [5.74, 6) is 0.189. The van der Waals surface area contributed by atoms with E-state index in [4.69, 9.17) is 0 Å². The normalized spacial score (nSPS) is 21.4. The molecule has 1 aromatic heterocycles. The van der Waals surface area contributed by atoms with E-state index < -0.39 is 0 Å². The van der Waals surface area contributed by atoms with Crippen LogP contribution >= 0.6 is 15.9 Å². The molecule has 1 unspecified atom stereocenters. The molecule has 1 fully saturated rings. The minimum atomic E-state index is 0.00632. The van der Waals surface area contributed by atoms with Gasteiger partial charge in [0.15, 0.2) is 0 Å². The molecule has 0 saturated carbocycles. The van der Waals surface area contributed by atoms with Crippen LogP contribution < -0.4 is 0 Å². The van der Waals surface area contributed by atoms with Gasteiger partial charge in [0.1, 0.15) is 0 Å². The molecule has 82 valence electrons. The molecule has 1 aliphatic rings. The van der Waals surface area contributed by atoms with E-state index in [1.54, 1.807) is 0 Å². The molecule has 1 amide bonds. The molecule has 0 bridgehead atoms. The molecular formula is C10H14BrN3O. The molecule has 0 aliphatic carbocycles. The lowest BCUT2D eigenvalue weighted by Gasteiger charge is -2.15. The summed E-state index contributed by atoms with van der Waals surface area (Å²) in [5, 5.41) is 4.26. The molecule has 0 radical (unpaired) electrons. The first kappa shape index (κ1) is 10.7. The molecule has 1 aromatic rings. The van der Waals surface area contributed by atoms with Gasteiger partial charge >= 0.3 is 0 Å². The van der Waals surface area contributed by atoms with Crippen LogP contribution in [0.25, 0.3) is 0 Å². The molecular weight excluding hydrogens is 258 g/mol. The fraction of sp³-hybridized carbons (Fsp3) is 0.600. The highest BCUT2D eigenvalue weighted by molar-refractivity contribution is 9.10. The maximum absolute atomic E-state index is 11.7. The van der Waals surface area contributed by atoms with Gasteiger partial charge in [-0.15, -0.1) is 0 Å². The number of rotatable bonds is 2. The molecule has 15 heavy (non-hydrogen) atoms. The number of aryl methyl sites for hydroxylation is 2. The summed E-state index contributed by atoms with van der Waals surface area (Å²) in [4.78, 5) is 13.6. The summed E-state index contributed by atoms with van der Waals surface area (Å²) >= 11 is 3.37. The Morgan fingerprint density at radius 2 is 2.40 bits per heavy atom. The lowest BCUT2D eigenvalue weighted by Crippen LogP contribution is -2.27. The Bertz CT molecular complexity index is 388. The standard InChI is InChI=1S/C10H14BrN3O/c1-7-5-8(13(2)12-7)6-14-4-3-9(11)10(14)15/h5,9H,3-4,6H2,1-2H3. The average Bonchev–Trinajstić information content (AvgIpc) is 2.64. The van der Waals surface area contributed by atoms with Crippen molar-refractivity contribution >= 4 is 21.8 Å². The van der Waals surface area contributed by atoms with Gasteiger partial charge in [0.05, 0.1) is 22.8 Å². The molecule has 1 saturated heterocycles. The van der Waals surface area contributed by atoms with E-state index in [2.05, 4.69) is 21.0 Å². The molecule has 1 aliphatic heterocycles. The largest absolute Gasteiger partial charge is 0.336 e. The predicted molar refractivity (Wildman–Crippen MR) is 60.7 cm³/mol. The van der Waals surface area contributed by atoms with Gasteiger partial charge in [-0.3, -0.25) is 9.48 Å². The molecule has 0 N–H and O–H groups in total. The van der Waals surface area contributed by atoms with E-state index in [1.807, 2.05) is 29.6 Å².